The summed E-state index contributed by atoms with van der Waals surface area (Å²) in [6, 6.07) is 8.22. The van der Waals surface area contributed by atoms with Crippen molar-refractivity contribution in [2.24, 2.45) is 17.8 Å². The molecule has 0 amide bonds. The highest BCUT2D eigenvalue weighted by atomic mass is 16.5. The van der Waals surface area contributed by atoms with Gasteiger partial charge in [-0.25, -0.2) is 0 Å². The van der Waals surface area contributed by atoms with Crippen LogP contribution in [-0.2, 0) is 16.0 Å². The fourth-order valence-electron chi connectivity index (χ4n) is 4.92. The van der Waals surface area contributed by atoms with Crippen LogP contribution in [0.3, 0.4) is 0 Å². The van der Waals surface area contributed by atoms with Crippen LogP contribution < -0.4 is 0 Å². The summed E-state index contributed by atoms with van der Waals surface area (Å²) in [5.41, 5.74) is 3.78. The molecule has 1 saturated carbocycles. The molecule has 2 aliphatic carbocycles. The van der Waals surface area contributed by atoms with Gasteiger partial charge in [0.25, 0.3) is 0 Å². The Balaban J connectivity index is 1.49. The van der Waals surface area contributed by atoms with E-state index in [-0.39, 0.29) is 18.0 Å². The van der Waals surface area contributed by atoms with Crippen molar-refractivity contribution in [2.45, 2.75) is 64.1 Å². The number of hydrogen-bond acceptors (Lipinski definition) is 4. The normalized spacial score (nSPS) is 27.1. The van der Waals surface area contributed by atoms with Crippen molar-refractivity contribution in [1.29, 1.82) is 0 Å². The topological polar surface area (TPSA) is 66.8 Å². The highest BCUT2D eigenvalue weighted by Gasteiger charge is 2.43. The monoisotopic (exact) mass is 397 g/mol. The molecule has 1 unspecified atom stereocenters. The van der Waals surface area contributed by atoms with Gasteiger partial charge in [-0.1, -0.05) is 53.6 Å². The molecule has 0 bridgehead atoms. The Morgan fingerprint density at radius 1 is 1.34 bits per heavy atom. The minimum atomic E-state index is -0.532. The Bertz CT molecular complexity index is 751. The first-order valence-corrected chi connectivity index (χ1v) is 10.8. The average Bonchev–Trinajstić information content (AvgIpc) is 3.19. The number of allylic oxidation sites excluding steroid dienone is 2. The number of benzene rings is 1. The Labute approximate surface area is 174 Å². The van der Waals surface area contributed by atoms with Crippen LogP contribution in [0.2, 0.25) is 0 Å². The molecule has 2 aliphatic rings. The first-order chi connectivity index (χ1) is 14.0. The Hall–Kier alpha value is -1.91. The largest absolute Gasteiger partial charge is 0.469 e. The van der Waals surface area contributed by atoms with Crippen LogP contribution in [0, 0.1) is 24.7 Å². The van der Waals surface area contributed by atoms with E-state index >= 15 is 0 Å². The van der Waals surface area contributed by atoms with Crippen LogP contribution in [-0.4, -0.2) is 35.5 Å². The summed E-state index contributed by atoms with van der Waals surface area (Å²) in [4.78, 5) is 11.2. The zero-order chi connectivity index (χ0) is 20.8. The molecule has 1 aromatic rings. The Morgan fingerprint density at radius 3 is 2.93 bits per heavy atom. The van der Waals surface area contributed by atoms with E-state index < -0.39 is 6.10 Å². The summed E-state index contributed by atoms with van der Waals surface area (Å²) in [6.45, 7) is 2.06. The molecule has 0 saturated heterocycles. The van der Waals surface area contributed by atoms with Crippen LogP contribution in [0.15, 0.2) is 48.1 Å². The second kappa shape index (κ2) is 10.2. The van der Waals surface area contributed by atoms with E-state index in [9.17, 15) is 15.0 Å². The van der Waals surface area contributed by atoms with E-state index in [0.717, 1.165) is 37.7 Å². The van der Waals surface area contributed by atoms with Crippen molar-refractivity contribution in [2.75, 3.05) is 7.11 Å². The SMILES string of the molecule is COC(=O)CCCCC1=C[C@H]2C[C@@H](O)[C@H](/C=C/C(O)Cc3cccc([11CH3])c3)[C@H]2C1. The molecule has 0 radical (unpaired) electrons. The second-order valence-corrected chi connectivity index (χ2v) is 8.67. The Kier molecular flexibility index (Phi) is 7.68. The van der Waals surface area contributed by atoms with E-state index in [2.05, 4.69) is 29.9 Å². The molecule has 5 atom stereocenters. The van der Waals surface area contributed by atoms with Gasteiger partial charge >= 0.3 is 5.97 Å². The summed E-state index contributed by atoms with van der Waals surface area (Å²) < 4.78 is 4.69. The lowest BCUT2D eigenvalue weighted by Gasteiger charge is -2.19. The molecule has 0 heterocycles. The number of ether oxygens (including phenoxy) is 1. The first kappa shape index (κ1) is 21.8. The molecule has 4 nitrogen and oxygen atoms in total. The molecule has 0 aliphatic heterocycles. The predicted octanol–water partition coefficient (Wildman–Crippen LogP) is 4.13. The maximum absolute atomic E-state index is 11.2. The van der Waals surface area contributed by atoms with Gasteiger partial charge in [-0.05, 0) is 56.4 Å². The lowest BCUT2D eigenvalue weighted by Crippen LogP contribution is -2.18. The number of aliphatic hydroxyl groups is 2. The second-order valence-electron chi connectivity index (χ2n) is 8.67. The fraction of sp³-hybridized carbons (Fsp3) is 0.560. The minimum Gasteiger partial charge on any atom is -0.469 e. The summed E-state index contributed by atoms with van der Waals surface area (Å²) in [5, 5.41) is 20.9. The predicted molar refractivity (Wildman–Crippen MR) is 114 cm³/mol. The number of esters is 1. The number of fused-ring (bicyclic) bond motifs is 1. The number of hydrogen-bond donors (Lipinski definition) is 2. The summed E-state index contributed by atoms with van der Waals surface area (Å²) in [6.07, 6.45) is 11.2. The molecule has 1 fully saturated rings. The van der Waals surface area contributed by atoms with E-state index in [0.29, 0.717) is 24.7 Å². The van der Waals surface area contributed by atoms with Gasteiger partial charge in [0, 0.05) is 18.8 Å². The summed E-state index contributed by atoms with van der Waals surface area (Å²) in [5.74, 6) is 0.836. The molecular formula is C25H34O4. The minimum absolute atomic E-state index is 0.107. The van der Waals surface area contributed by atoms with Gasteiger partial charge in [-0.15, -0.1) is 0 Å². The van der Waals surface area contributed by atoms with Gasteiger partial charge in [0.05, 0.1) is 19.3 Å². The maximum atomic E-state index is 11.2. The van der Waals surface area contributed by atoms with Crippen LogP contribution in [0.5, 0.6) is 0 Å². The molecule has 2 N–H and O–H groups in total. The quantitative estimate of drug-likeness (QED) is 0.373. The first-order valence-electron chi connectivity index (χ1n) is 10.8. The van der Waals surface area contributed by atoms with E-state index in [1.807, 2.05) is 24.3 Å². The van der Waals surface area contributed by atoms with E-state index in [1.54, 1.807) is 0 Å². The van der Waals surface area contributed by atoms with Crippen molar-refractivity contribution in [3.8, 4) is 0 Å². The van der Waals surface area contributed by atoms with Crippen LogP contribution >= 0.6 is 0 Å². The molecule has 1 aromatic carbocycles. The van der Waals surface area contributed by atoms with E-state index in [4.69, 9.17) is 0 Å². The van der Waals surface area contributed by atoms with Gasteiger partial charge in [0.1, 0.15) is 0 Å². The molecule has 0 spiro atoms. The highest BCUT2D eigenvalue weighted by molar-refractivity contribution is 5.68. The summed E-state index contributed by atoms with van der Waals surface area (Å²) >= 11 is 0. The number of carbonyl (C=O) groups is 1. The smallest absolute Gasteiger partial charge is 0.305 e. The molecule has 3 rings (SSSR count). The standard InChI is InChI=1S/C25H34O4/c1-17-6-5-8-18(12-17)14-21(26)10-11-22-23-15-19(13-20(23)16-24(22)27)7-3-4-9-25(28)29-2/h5-6,8,10-13,20-24,26-27H,3-4,7,9,14-16H2,1-2H3/b11-10+/t20-,21?,22+,23-,24+/m0/s1/i1-1. The van der Waals surface area contributed by atoms with Gasteiger partial charge in [-0.2, -0.15) is 0 Å². The Morgan fingerprint density at radius 2 is 2.17 bits per heavy atom. The number of unbranched alkanes of at least 4 members (excludes halogenated alkanes) is 1. The third-order valence-electron chi connectivity index (χ3n) is 6.39. The fourth-order valence-corrected chi connectivity index (χ4v) is 4.92. The maximum Gasteiger partial charge on any atom is 0.305 e. The lowest BCUT2D eigenvalue weighted by molar-refractivity contribution is -0.140. The van der Waals surface area contributed by atoms with Crippen LogP contribution in [0.4, 0.5) is 0 Å². The van der Waals surface area contributed by atoms with Crippen molar-refractivity contribution in [3.05, 3.63) is 59.2 Å². The molecular weight excluding hydrogens is 363 g/mol. The third kappa shape index (κ3) is 6.03. The zero-order valence-electron chi connectivity index (χ0n) is 17.6. The number of methoxy groups -OCH3 is 1. The molecule has 4 heteroatoms. The van der Waals surface area contributed by atoms with Gasteiger partial charge in [0.15, 0.2) is 0 Å². The lowest BCUT2D eigenvalue weighted by atomic mass is 9.88. The van der Waals surface area contributed by atoms with Gasteiger partial charge in [0.2, 0.25) is 0 Å². The van der Waals surface area contributed by atoms with Crippen LogP contribution in [0.1, 0.15) is 49.7 Å². The molecule has 158 valence electrons. The van der Waals surface area contributed by atoms with E-state index in [1.165, 1.54) is 18.2 Å². The summed E-state index contributed by atoms with van der Waals surface area (Å²) in [7, 11) is 1.43. The van der Waals surface area contributed by atoms with Gasteiger partial charge in [-0.3, -0.25) is 4.79 Å². The van der Waals surface area contributed by atoms with Gasteiger partial charge < -0.3 is 14.9 Å². The van der Waals surface area contributed by atoms with Crippen molar-refractivity contribution in [3.63, 3.8) is 0 Å². The van der Waals surface area contributed by atoms with Crippen molar-refractivity contribution in [1.82, 2.24) is 0 Å². The van der Waals surface area contributed by atoms with Crippen molar-refractivity contribution < 1.29 is 19.7 Å². The average molecular weight is 398 g/mol. The zero-order valence-corrected chi connectivity index (χ0v) is 17.6. The third-order valence-corrected chi connectivity index (χ3v) is 6.39. The molecule has 29 heavy (non-hydrogen) atoms. The molecule has 0 aromatic heterocycles. The highest BCUT2D eigenvalue weighted by Crippen LogP contribution is 2.48. The number of aliphatic hydroxyl groups excluding tert-OH is 2. The van der Waals surface area contributed by atoms with Crippen molar-refractivity contribution >= 4 is 5.97 Å². The number of aryl methyl sites for hydroxylation is 1. The number of rotatable bonds is 9. The van der Waals surface area contributed by atoms with Crippen LogP contribution in [0.25, 0.3) is 0 Å². The number of carbonyl (C=O) groups excluding carboxylic acids is 1.